The average Bonchev–Trinajstić information content (AvgIpc) is 2.11. The van der Waals surface area contributed by atoms with Crippen LogP contribution in [0.25, 0.3) is 5.73 Å². The van der Waals surface area contributed by atoms with E-state index in [9.17, 15) is 0 Å². The molecule has 1 aliphatic carbocycles. The van der Waals surface area contributed by atoms with Crippen molar-refractivity contribution in [2.75, 3.05) is 0 Å². The van der Waals surface area contributed by atoms with Gasteiger partial charge in [-0.15, -0.1) is 0 Å². The van der Waals surface area contributed by atoms with Gasteiger partial charge in [-0.3, -0.25) is 0 Å². The predicted octanol–water partition coefficient (Wildman–Crippen LogP) is -0.0648. The summed E-state index contributed by atoms with van der Waals surface area (Å²) in [5.74, 6) is -3.23. The molecule has 0 aromatic carbocycles. The molecule has 1 fully saturated rings. The third kappa shape index (κ3) is 13.4. The van der Waals surface area contributed by atoms with Crippen molar-refractivity contribution in [1.82, 2.24) is 0 Å². The maximum absolute atomic E-state index is 9.10. The number of carboxylic acid groups (broad SMARTS) is 2. The molecular weight excluding hydrogens is 413 g/mol. The van der Waals surface area contributed by atoms with Gasteiger partial charge in [0, 0.05) is 0 Å². The summed E-state index contributed by atoms with van der Waals surface area (Å²) in [5, 5.41) is 14.8. The molecule has 1 saturated carbocycles. The Labute approximate surface area is 114 Å². The minimum Gasteiger partial charge on any atom is -0.677 e. The van der Waals surface area contributed by atoms with Crippen molar-refractivity contribution >= 4 is 11.9 Å². The van der Waals surface area contributed by atoms with Gasteiger partial charge in [0.1, 0.15) is 0 Å². The molecule has 0 heterocycles. The van der Waals surface area contributed by atoms with E-state index in [1.165, 1.54) is 19.3 Å². The van der Waals surface area contributed by atoms with E-state index < -0.39 is 11.9 Å². The van der Waals surface area contributed by atoms with Gasteiger partial charge in [0.05, 0.1) is 0 Å². The van der Waals surface area contributed by atoms with Crippen LogP contribution in [-0.4, -0.2) is 39.1 Å². The third-order valence-electron chi connectivity index (χ3n) is 2.09. The number of hydrogen-bond acceptors (Lipinski definition) is 2. The smallest absolute Gasteiger partial charge is 0.677 e. The van der Waals surface area contributed by atoms with Crippen LogP contribution >= 0.6 is 0 Å². The maximum atomic E-state index is 9.10. The summed E-state index contributed by atoms with van der Waals surface area (Å²) in [6.45, 7) is 3.89. The van der Waals surface area contributed by atoms with E-state index in [2.05, 4.69) is 6.92 Å². The Morgan fingerprint density at radius 1 is 1.06 bits per heavy atom. The summed E-state index contributed by atoms with van der Waals surface area (Å²) >= 11 is 0. The fraction of sp³-hybridized carbons (Fsp3) is 0.667. The van der Waals surface area contributed by atoms with Gasteiger partial charge in [-0.05, 0) is 0 Å². The van der Waals surface area contributed by atoms with Crippen molar-refractivity contribution in [3.63, 3.8) is 0 Å². The second-order valence-corrected chi connectivity index (χ2v) is 3.26. The molecule has 106 valence electrons. The van der Waals surface area contributed by atoms with Crippen molar-refractivity contribution in [3.8, 4) is 0 Å². The molecule has 0 saturated heterocycles. The quantitative estimate of drug-likeness (QED) is 0.405. The summed E-state index contributed by atoms with van der Waals surface area (Å²) in [4.78, 5) is 18.2. The number of aliphatic carboxylic acids is 2. The number of hydrogen-bond donors (Lipinski definition) is 2. The van der Waals surface area contributed by atoms with Gasteiger partial charge in [-0.2, -0.15) is 12.0 Å². The van der Waals surface area contributed by atoms with Gasteiger partial charge in [-0.1, -0.05) is 25.7 Å². The first-order chi connectivity index (χ1) is 6.45. The van der Waals surface area contributed by atoms with Crippen LogP contribution in [0.1, 0.15) is 25.7 Å². The fourth-order valence-electron chi connectivity index (χ4n) is 1.21. The molecule has 0 aromatic heterocycles. The van der Waals surface area contributed by atoms with E-state index in [0.717, 1.165) is 6.42 Å². The standard InChI is InChI=1S/C7H13N.C2H2O4.2H2O.Pt/c1-6-4-2-3-5-7(6)8;3-1(4)2(5)6;;;/h6-8H,1-5H2;(H,3,4)(H,5,6);2*1H2;/q-2;;;;+2. The van der Waals surface area contributed by atoms with E-state index in [1.54, 1.807) is 0 Å². The third-order valence-corrected chi connectivity index (χ3v) is 2.09. The monoisotopic (exact) mass is 432 g/mol. The molecule has 0 amide bonds. The Kier molecular flexibility index (Phi) is 20.3. The van der Waals surface area contributed by atoms with Crippen LogP contribution < -0.4 is 0 Å². The summed E-state index contributed by atoms with van der Waals surface area (Å²) in [5.41, 5.74) is 7.42. The zero-order valence-corrected chi connectivity index (χ0v) is 11.5. The molecule has 1 aliphatic rings. The van der Waals surface area contributed by atoms with Crippen LogP contribution in [0.2, 0.25) is 0 Å². The first kappa shape index (κ1) is 25.4. The Bertz CT molecular complexity index is 192. The zero-order valence-electron chi connectivity index (χ0n) is 9.22. The molecule has 0 aliphatic heterocycles. The number of nitrogens with one attached hydrogen (secondary N) is 1. The Balaban J connectivity index is -0.0000000873. The number of carbonyl (C=O) groups is 2. The minimum atomic E-state index is -1.82. The average molecular weight is 432 g/mol. The van der Waals surface area contributed by atoms with Crippen LogP contribution in [0.15, 0.2) is 0 Å². The summed E-state index contributed by atoms with van der Waals surface area (Å²) in [7, 11) is 0. The van der Waals surface area contributed by atoms with Crippen LogP contribution in [0.5, 0.6) is 0 Å². The SMILES string of the molecule is O.O.O=C(O)C(=O)O.[CH2-]C1CCCCC1[NH-].[Pt+2]. The van der Waals surface area contributed by atoms with Crippen molar-refractivity contribution in [1.29, 1.82) is 0 Å². The number of rotatable bonds is 0. The summed E-state index contributed by atoms with van der Waals surface area (Å²) in [6.07, 6.45) is 4.80. The van der Waals surface area contributed by atoms with Crippen LogP contribution in [0, 0.1) is 12.8 Å². The molecular formula is C9H19NO6Pt. The molecule has 2 unspecified atom stereocenters. The van der Waals surface area contributed by atoms with Crippen LogP contribution in [0.4, 0.5) is 0 Å². The van der Waals surface area contributed by atoms with Gasteiger partial charge >= 0.3 is 33.0 Å². The number of carboxylic acids is 2. The molecule has 7 nitrogen and oxygen atoms in total. The van der Waals surface area contributed by atoms with Crippen LogP contribution in [-0.2, 0) is 30.7 Å². The molecule has 0 bridgehead atoms. The molecule has 0 spiro atoms. The Morgan fingerprint density at radius 3 is 1.59 bits per heavy atom. The Hall–Kier alpha value is -0.492. The second-order valence-electron chi connectivity index (χ2n) is 3.26. The minimum absolute atomic E-state index is 0. The van der Waals surface area contributed by atoms with Gasteiger partial charge in [0.15, 0.2) is 0 Å². The molecule has 1 rings (SSSR count). The molecule has 17 heavy (non-hydrogen) atoms. The normalized spacial score (nSPS) is 21.3. The maximum Gasteiger partial charge on any atom is 2.00 e. The van der Waals surface area contributed by atoms with E-state index in [4.69, 9.17) is 25.5 Å². The predicted molar refractivity (Wildman–Crippen MR) is 57.9 cm³/mol. The second kappa shape index (κ2) is 13.6. The molecule has 2 atom stereocenters. The van der Waals surface area contributed by atoms with E-state index >= 15 is 0 Å². The van der Waals surface area contributed by atoms with Crippen molar-refractivity contribution in [2.24, 2.45) is 5.92 Å². The van der Waals surface area contributed by atoms with Gasteiger partial charge < -0.3 is 33.8 Å². The fourth-order valence-corrected chi connectivity index (χ4v) is 1.21. The van der Waals surface area contributed by atoms with Crippen LogP contribution in [0.3, 0.4) is 0 Å². The van der Waals surface area contributed by atoms with Gasteiger partial charge in [-0.25, -0.2) is 9.59 Å². The first-order valence-electron chi connectivity index (χ1n) is 4.45. The molecule has 8 heteroatoms. The molecule has 0 aromatic rings. The Morgan fingerprint density at radius 2 is 1.41 bits per heavy atom. The first-order valence-corrected chi connectivity index (χ1v) is 4.45. The summed E-state index contributed by atoms with van der Waals surface area (Å²) in [6, 6.07) is 0.142. The largest absolute Gasteiger partial charge is 2.00 e. The van der Waals surface area contributed by atoms with E-state index in [1.807, 2.05) is 0 Å². The zero-order chi connectivity index (χ0) is 11.1. The van der Waals surface area contributed by atoms with Gasteiger partial charge in [0.2, 0.25) is 0 Å². The van der Waals surface area contributed by atoms with E-state index in [0.29, 0.717) is 5.92 Å². The van der Waals surface area contributed by atoms with Crippen molar-refractivity contribution < 1.29 is 51.8 Å². The topological polar surface area (TPSA) is 161 Å². The van der Waals surface area contributed by atoms with E-state index in [-0.39, 0.29) is 38.1 Å². The van der Waals surface area contributed by atoms with Crippen molar-refractivity contribution in [2.45, 2.75) is 31.7 Å². The van der Waals surface area contributed by atoms with Gasteiger partial charge in [0.25, 0.3) is 0 Å². The molecule has 0 radical (unpaired) electrons. The summed E-state index contributed by atoms with van der Waals surface area (Å²) < 4.78 is 0. The van der Waals surface area contributed by atoms with Crippen molar-refractivity contribution in [3.05, 3.63) is 12.7 Å². The molecule has 7 N–H and O–H groups in total.